The number of methoxy groups -OCH3 is 2. The summed E-state index contributed by atoms with van der Waals surface area (Å²) in [5, 5.41) is 14.8. The number of anilines is 2. The van der Waals surface area contributed by atoms with Crippen LogP contribution in [0.2, 0.25) is 0 Å². The van der Waals surface area contributed by atoms with Crippen LogP contribution in [-0.4, -0.2) is 84.9 Å². The second-order valence-electron chi connectivity index (χ2n) is 9.38. The number of rotatable bonds is 9. The summed E-state index contributed by atoms with van der Waals surface area (Å²) in [6.45, 7) is 3.82. The van der Waals surface area contributed by atoms with E-state index < -0.39 is 6.09 Å². The molecule has 0 spiro atoms. The van der Waals surface area contributed by atoms with Crippen LogP contribution in [-0.2, 0) is 14.2 Å². The maximum absolute atomic E-state index is 12.9. The number of nitrogens with one attached hydrogen (secondary N) is 2. The van der Waals surface area contributed by atoms with Crippen molar-refractivity contribution in [2.75, 3.05) is 57.8 Å². The standard InChI is InChI=1S/C27H34N6O6/c1-17-22(13-21(14-29-17)30-26(35)33-7-5-18(15-33)16-37-2)20-10-23(31-25(12-20)39-9-8-34)19-4-6-28-24(11-19)32-27(36)38-3/h4,6,11-14,18,20,34H,5,7-10,15-16H2,1-3H3,(H,30,35)(H,28,32,36)/t18-,20+/m1/s1. The molecule has 4 heterocycles. The van der Waals surface area contributed by atoms with Crippen LogP contribution in [0.25, 0.3) is 0 Å². The number of carbonyl (C=O) groups is 2. The first kappa shape index (κ1) is 28.0. The molecule has 2 aromatic heterocycles. The zero-order chi connectivity index (χ0) is 27.8. The van der Waals surface area contributed by atoms with Crippen LogP contribution in [0.4, 0.5) is 21.1 Å². The normalized spacial score (nSPS) is 18.7. The molecule has 0 bridgehead atoms. The van der Waals surface area contributed by atoms with E-state index >= 15 is 0 Å². The molecule has 39 heavy (non-hydrogen) atoms. The zero-order valence-corrected chi connectivity index (χ0v) is 22.3. The largest absolute Gasteiger partial charge is 0.475 e. The number of aromatic nitrogens is 2. The summed E-state index contributed by atoms with van der Waals surface area (Å²) in [6.07, 6.45) is 5.91. The Morgan fingerprint density at radius 1 is 1.21 bits per heavy atom. The van der Waals surface area contributed by atoms with E-state index in [1.807, 2.05) is 19.1 Å². The van der Waals surface area contributed by atoms with Crippen LogP contribution in [0.1, 0.15) is 35.6 Å². The van der Waals surface area contributed by atoms with Crippen LogP contribution in [0.5, 0.6) is 0 Å². The van der Waals surface area contributed by atoms with Crippen LogP contribution in [0.3, 0.4) is 0 Å². The Bertz CT molecular complexity index is 1250. The van der Waals surface area contributed by atoms with Crippen molar-refractivity contribution in [1.82, 2.24) is 14.9 Å². The van der Waals surface area contributed by atoms with Crippen molar-refractivity contribution in [3.63, 3.8) is 0 Å². The third-order valence-electron chi connectivity index (χ3n) is 6.60. The van der Waals surface area contributed by atoms with Crippen LogP contribution in [0.15, 0.2) is 47.5 Å². The summed E-state index contributed by atoms with van der Waals surface area (Å²) in [5.74, 6) is 0.859. The van der Waals surface area contributed by atoms with Crippen molar-refractivity contribution in [3.05, 3.63) is 59.4 Å². The van der Waals surface area contributed by atoms with Crippen molar-refractivity contribution in [3.8, 4) is 0 Å². The van der Waals surface area contributed by atoms with Gasteiger partial charge >= 0.3 is 12.1 Å². The molecule has 208 valence electrons. The van der Waals surface area contributed by atoms with Gasteiger partial charge in [-0.3, -0.25) is 10.3 Å². The minimum absolute atomic E-state index is 0.0913. The lowest BCUT2D eigenvalue weighted by Crippen LogP contribution is -2.33. The molecule has 1 saturated heterocycles. The molecule has 4 rings (SSSR count). The highest BCUT2D eigenvalue weighted by Gasteiger charge is 2.27. The van der Waals surface area contributed by atoms with Gasteiger partial charge in [-0.15, -0.1) is 0 Å². The zero-order valence-electron chi connectivity index (χ0n) is 22.3. The number of allylic oxidation sites excluding steroid dienone is 1. The molecule has 12 nitrogen and oxygen atoms in total. The number of likely N-dealkylation sites (tertiary alicyclic amines) is 1. The molecule has 0 aromatic carbocycles. The fourth-order valence-electron chi connectivity index (χ4n) is 4.69. The van der Waals surface area contributed by atoms with E-state index in [1.165, 1.54) is 7.11 Å². The number of aliphatic hydroxyl groups excluding tert-OH is 1. The van der Waals surface area contributed by atoms with Crippen molar-refractivity contribution in [2.24, 2.45) is 10.9 Å². The summed E-state index contributed by atoms with van der Waals surface area (Å²) >= 11 is 0. The van der Waals surface area contributed by atoms with Crippen LogP contribution >= 0.6 is 0 Å². The monoisotopic (exact) mass is 538 g/mol. The number of aryl methyl sites for hydroxylation is 1. The first-order valence-corrected chi connectivity index (χ1v) is 12.8. The maximum Gasteiger partial charge on any atom is 0.412 e. The van der Waals surface area contributed by atoms with E-state index in [0.29, 0.717) is 55.1 Å². The molecule has 12 heteroatoms. The van der Waals surface area contributed by atoms with Gasteiger partial charge in [-0.05, 0) is 43.2 Å². The highest BCUT2D eigenvalue weighted by Crippen LogP contribution is 2.33. The molecule has 3 amide bonds. The number of urea groups is 1. The number of pyridine rings is 2. The summed E-state index contributed by atoms with van der Waals surface area (Å²) in [7, 11) is 2.95. The van der Waals surface area contributed by atoms with Gasteiger partial charge in [0.1, 0.15) is 12.4 Å². The number of hydrogen-bond acceptors (Lipinski definition) is 9. The molecule has 0 radical (unpaired) electrons. The van der Waals surface area contributed by atoms with Gasteiger partial charge in [0.15, 0.2) is 0 Å². The van der Waals surface area contributed by atoms with Gasteiger partial charge in [0.05, 0.1) is 37.9 Å². The lowest BCUT2D eigenvalue weighted by molar-refractivity contribution is 0.142. The van der Waals surface area contributed by atoms with Crippen LogP contribution < -0.4 is 10.6 Å². The molecule has 3 N–H and O–H groups in total. The lowest BCUT2D eigenvalue weighted by Gasteiger charge is -2.23. The molecule has 2 atom stereocenters. The third kappa shape index (κ3) is 7.30. The fourth-order valence-corrected chi connectivity index (χ4v) is 4.69. The van der Waals surface area contributed by atoms with Gasteiger partial charge in [0.25, 0.3) is 0 Å². The smallest absolute Gasteiger partial charge is 0.412 e. The first-order valence-electron chi connectivity index (χ1n) is 12.8. The summed E-state index contributed by atoms with van der Waals surface area (Å²) in [5.41, 5.74) is 3.77. The molecule has 2 aliphatic heterocycles. The number of hydrogen-bond donors (Lipinski definition) is 3. The number of aliphatic hydroxyl groups is 1. The van der Waals surface area contributed by atoms with E-state index in [1.54, 1.807) is 36.5 Å². The number of aliphatic imine (C=N–C) groups is 1. The average Bonchev–Trinajstić information content (AvgIpc) is 3.42. The van der Waals surface area contributed by atoms with Gasteiger partial charge in [0.2, 0.25) is 5.88 Å². The molecule has 0 unspecified atom stereocenters. The van der Waals surface area contributed by atoms with E-state index in [-0.39, 0.29) is 25.2 Å². The number of ether oxygens (including phenoxy) is 3. The predicted molar refractivity (Wildman–Crippen MR) is 145 cm³/mol. The van der Waals surface area contributed by atoms with E-state index in [9.17, 15) is 14.7 Å². The molecule has 2 aliphatic rings. The molecule has 0 aliphatic carbocycles. The van der Waals surface area contributed by atoms with Crippen molar-refractivity contribution in [2.45, 2.75) is 25.7 Å². The molecule has 0 saturated carbocycles. The lowest BCUT2D eigenvalue weighted by atomic mass is 9.88. The van der Waals surface area contributed by atoms with Gasteiger partial charge in [-0.25, -0.2) is 19.6 Å². The third-order valence-corrected chi connectivity index (χ3v) is 6.60. The molecule has 2 aromatic rings. The fraction of sp³-hybridized carbons (Fsp3) is 0.444. The summed E-state index contributed by atoms with van der Waals surface area (Å²) in [4.78, 5) is 39.7. The summed E-state index contributed by atoms with van der Waals surface area (Å²) in [6, 6.07) is 5.26. The number of carbonyl (C=O) groups excluding carboxylic acids is 2. The number of nitrogens with zero attached hydrogens (tertiary/aromatic N) is 4. The highest BCUT2D eigenvalue weighted by atomic mass is 16.5. The Morgan fingerprint density at radius 3 is 2.82 bits per heavy atom. The molecule has 1 fully saturated rings. The Balaban J connectivity index is 1.56. The van der Waals surface area contributed by atoms with Crippen LogP contribution in [0, 0.1) is 12.8 Å². The Kier molecular flexibility index (Phi) is 9.45. The van der Waals surface area contributed by atoms with Gasteiger partial charge in [-0.2, -0.15) is 0 Å². The minimum atomic E-state index is -0.626. The quantitative estimate of drug-likeness (QED) is 0.441. The highest BCUT2D eigenvalue weighted by molar-refractivity contribution is 6.03. The summed E-state index contributed by atoms with van der Waals surface area (Å²) < 4.78 is 15.6. The van der Waals surface area contributed by atoms with E-state index in [4.69, 9.17) is 9.47 Å². The van der Waals surface area contributed by atoms with Crippen molar-refractivity contribution < 1.29 is 28.9 Å². The number of amides is 3. The van der Waals surface area contributed by atoms with E-state index in [0.717, 1.165) is 23.2 Å². The van der Waals surface area contributed by atoms with Gasteiger partial charge in [0, 0.05) is 55.9 Å². The Morgan fingerprint density at radius 2 is 2.05 bits per heavy atom. The van der Waals surface area contributed by atoms with E-state index in [2.05, 4.69) is 30.3 Å². The SMILES string of the molecule is COC[C@@H]1CCN(C(=O)Nc2cnc(C)c([C@@H]3C=C(OCCO)N=C(c4ccnc(NC(=O)OC)c4)C3)c2)C1. The molecular weight excluding hydrogens is 504 g/mol. The second kappa shape index (κ2) is 13.2. The maximum atomic E-state index is 12.9. The Hall–Kier alpha value is -4.03. The topological polar surface area (TPSA) is 148 Å². The average molecular weight is 539 g/mol. The minimum Gasteiger partial charge on any atom is -0.475 e. The van der Waals surface area contributed by atoms with Gasteiger partial charge in [-0.1, -0.05) is 0 Å². The predicted octanol–water partition coefficient (Wildman–Crippen LogP) is 3.29. The Labute approximate surface area is 227 Å². The second-order valence-corrected chi connectivity index (χ2v) is 9.38. The molecular formula is C27H34N6O6. The van der Waals surface area contributed by atoms with Gasteiger partial charge < -0.3 is 29.5 Å². The first-order chi connectivity index (χ1) is 18.9. The van der Waals surface area contributed by atoms with Crippen molar-refractivity contribution in [1.29, 1.82) is 0 Å². The van der Waals surface area contributed by atoms with Crippen molar-refractivity contribution >= 4 is 29.3 Å².